The highest BCUT2D eigenvalue weighted by molar-refractivity contribution is 6.01. The van der Waals surface area contributed by atoms with E-state index in [9.17, 15) is 9.59 Å². The Bertz CT molecular complexity index is 1610. The third kappa shape index (κ3) is 5.33. The molecule has 2 aromatic carbocycles. The molecule has 2 heterocycles. The van der Waals surface area contributed by atoms with E-state index in [2.05, 4.69) is 54.3 Å². The minimum atomic E-state index is -1.18. The van der Waals surface area contributed by atoms with Crippen LogP contribution in [0.1, 0.15) is 56.9 Å². The van der Waals surface area contributed by atoms with Crippen molar-refractivity contribution in [1.29, 1.82) is 0 Å². The number of carbonyl (C=O) groups is 2. The molecule has 0 aliphatic heterocycles. The lowest BCUT2D eigenvalue weighted by Gasteiger charge is -2.38. The Labute approximate surface area is 247 Å². The number of amides is 2. The Balaban J connectivity index is 1.42. The Morgan fingerprint density at radius 3 is 2.52 bits per heavy atom. The van der Waals surface area contributed by atoms with Crippen LogP contribution in [0.25, 0.3) is 10.9 Å². The summed E-state index contributed by atoms with van der Waals surface area (Å²) in [6, 6.07) is 17.3. The van der Waals surface area contributed by atoms with E-state index in [-0.39, 0.29) is 35.6 Å². The molecule has 2 aromatic heterocycles. The number of nitrogens with one attached hydrogen (secondary N) is 2. The van der Waals surface area contributed by atoms with Crippen molar-refractivity contribution >= 4 is 28.4 Å². The summed E-state index contributed by atoms with van der Waals surface area (Å²) in [7, 11) is 3.11. The molecule has 2 N–H and O–H groups in total. The average molecular weight is 569 g/mol. The standard InChI is InChI=1S/C34H40N4O4/c1-21-30(24-12-8-9-13-26(24)36-21)31-25(33(31,2)3)18-29(39)38(20-22-11-10-16-35-19-22)34(4,5)32(40)37-27-15-14-23(41-6)17-28(27)42-7/h8-17,19,25,31,36H,18,20H2,1-7H3,(H,37,40)/t25-,31-/m1/s1. The number of rotatable bonds is 10. The van der Waals surface area contributed by atoms with E-state index >= 15 is 0 Å². The number of aryl methyl sites for hydroxylation is 1. The lowest BCUT2D eigenvalue weighted by atomic mass is 9.98. The molecule has 0 saturated heterocycles. The molecular weight excluding hydrogens is 528 g/mol. The van der Waals surface area contributed by atoms with Crippen molar-refractivity contribution in [3.8, 4) is 11.5 Å². The van der Waals surface area contributed by atoms with Gasteiger partial charge >= 0.3 is 0 Å². The van der Waals surface area contributed by atoms with Gasteiger partial charge in [-0.15, -0.1) is 0 Å². The highest BCUT2D eigenvalue weighted by atomic mass is 16.5. The van der Waals surface area contributed by atoms with E-state index in [1.165, 1.54) is 18.1 Å². The van der Waals surface area contributed by atoms with Gasteiger partial charge in [0.25, 0.3) is 0 Å². The molecule has 0 radical (unpaired) electrons. The van der Waals surface area contributed by atoms with Crippen LogP contribution in [0.3, 0.4) is 0 Å². The smallest absolute Gasteiger partial charge is 0.249 e. The van der Waals surface area contributed by atoms with Gasteiger partial charge in [0.1, 0.15) is 17.0 Å². The van der Waals surface area contributed by atoms with Crippen molar-refractivity contribution in [2.45, 2.75) is 59.0 Å². The number of benzene rings is 2. The summed E-state index contributed by atoms with van der Waals surface area (Å²) >= 11 is 0. The van der Waals surface area contributed by atoms with Crippen molar-refractivity contribution in [3.05, 3.63) is 83.8 Å². The molecule has 5 rings (SSSR count). The molecule has 0 bridgehead atoms. The number of carbonyl (C=O) groups excluding carboxylic acids is 2. The van der Waals surface area contributed by atoms with Gasteiger partial charge in [-0.25, -0.2) is 0 Å². The number of pyridine rings is 1. The van der Waals surface area contributed by atoms with E-state index in [0.717, 1.165) is 16.8 Å². The molecule has 220 valence electrons. The first-order valence-corrected chi connectivity index (χ1v) is 14.3. The van der Waals surface area contributed by atoms with Crippen molar-refractivity contribution in [1.82, 2.24) is 14.9 Å². The van der Waals surface area contributed by atoms with E-state index in [1.807, 2.05) is 18.2 Å². The third-order valence-electron chi connectivity index (χ3n) is 8.95. The molecule has 1 aliphatic rings. The maximum atomic E-state index is 14.2. The molecule has 0 unspecified atom stereocenters. The minimum Gasteiger partial charge on any atom is -0.497 e. The second-order valence-electron chi connectivity index (χ2n) is 12.2. The summed E-state index contributed by atoms with van der Waals surface area (Å²) in [6.45, 7) is 10.4. The van der Waals surface area contributed by atoms with Crippen molar-refractivity contribution in [2.75, 3.05) is 19.5 Å². The lowest BCUT2D eigenvalue weighted by molar-refractivity contribution is -0.145. The van der Waals surface area contributed by atoms with Crippen molar-refractivity contribution in [2.24, 2.45) is 11.3 Å². The quantitative estimate of drug-likeness (QED) is 0.229. The number of H-pyrrole nitrogens is 1. The highest BCUT2D eigenvalue weighted by Gasteiger charge is 2.60. The summed E-state index contributed by atoms with van der Waals surface area (Å²) in [5.41, 5.74) is 3.66. The molecule has 4 aromatic rings. The first-order chi connectivity index (χ1) is 20.0. The number of para-hydroxylation sites is 1. The summed E-state index contributed by atoms with van der Waals surface area (Å²) in [4.78, 5) is 37.5. The van der Waals surface area contributed by atoms with E-state index in [4.69, 9.17) is 9.47 Å². The predicted octanol–water partition coefficient (Wildman–Crippen LogP) is 6.46. The topological polar surface area (TPSA) is 96.5 Å². The second-order valence-corrected chi connectivity index (χ2v) is 12.2. The summed E-state index contributed by atoms with van der Waals surface area (Å²) in [6.07, 6.45) is 3.77. The number of hydrogen-bond acceptors (Lipinski definition) is 5. The molecule has 1 saturated carbocycles. The number of nitrogens with zero attached hydrogens (tertiary/aromatic N) is 2. The van der Waals surface area contributed by atoms with Crippen molar-refractivity contribution < 1.29 is 19.1 Å². The first kappa shape index (κ1) is 29.2. The zero-order chi connectivity index (χ0) is 30.2. The first-order valence-electron chi connectivity index (χ1n) is 14.3. The summed E-state index contributed by atoms with van der Waals surface area (Å²) in [5.74, 6) is 1.07. The van der Waals surface area contributed by atoms with Crippen LogP contribution in [0.5, 0.6) is 11.5 Å². The normalized spacial score (nSPS) is 17.5. The lowest BCUT2D eigenvalue weighted by Crippen LogP contribution is -2.55. The number of methoxy groups -OCH3 is 2. The predicted molar refractivity (Wildman–Crippen MR) is 165 cm³/mol. The fraction of sp³-hybridized carbons (Fsp3) is 0.382. The zero-order valence-corrected chi connectivity index (χ0v) is 25.4. The fourth-order valence-corrected chi connectivity index (χ4v) is 6.27. The van der Waals surface area contributed by atoms with Gasteiger partial charge < -0.3 is 24.7 Å². The molecule has 42 heavy (non-hydrogen) atoms. The number of anilines is 1. The number of ether oxygens (including phenoxy) is 2. The van der Waals surface area contributed by atoms with Crippen LogP contribution in [0.4, 0.5) is 5.69 Å². The maximum absolute atomic E-state index is 14.2. The van der Waals surface area contributed by atoms with Crippen LogP contribution >= 0.6 is 0 Å². The van der Waals surface area contributed by atoms with Crippen LogP contribution in [0, 0.1) is 18.3 Å². The Morgan fingerprint density at radius 2 is 1.83 bits per heavy atom. The molecule has 8 heteroatoms. The van der Waals surface area contributed by atoms with Gasteiger partial charge in [-0.3, -0.25) is 14.6 Å². The molecule has 0 spiro atoms. The van der Waals surface area contributed by atoms with E-state index in [1.54, 1.807) is 56.4 Å². The van der Waals surface area contributed by atoms with E-state index < -0.39 is 5.54 Å². The third-order valence-corrected chi connectivity index (χ3v) is 8.95. The molecule has 1 fully saturated rings. The van der Waals surface area contributed by atoms with Crippen LogP contribution in [0.15, 0.2) is 67.0 Å². The van der Waals surface area contributed by atoms with E-state index in [0.29, 0.717) is 23.6 Å². The van der Waals surface area contributed by atoms with Gasteiger partial charge in [-0.2, -0.15) is 0 Å². The molecule has 2 atom stereocenters. The van der Waals surface area contributed by atoms with Crippen LogP contribution < -0.4 is 14.8 Å². The Morgan fingerprint density at radius 1 is 1.07 bits per heavy atom. The molecule has 8 nitrogen and oxygen atoms in total. The fourth-order valence-electron chi connectivity index (χ4n) is 6.27. The van der Waals surface area contributed by atoms with Crippen LogP contribution in [0.2, 0.25) is 0 Å². The van der Waals surface area contributed by atoms with Gasteiger partial charge in [0, 0.05) is 48.0 Å². The minimum absolute atomic E-state index is 0.0613. The van der Waals surface area contributed by atoms with Crippen LogP contribution in [-0.4, -0.2) is 46.4 Å². The number of hydrogen-bond donors (Lipinski definition) is 2. The number of aromatic nitrogens is 2. The van der Waals surface area contributed by atoms with Gasteiger partial charge in [0.2, 0.25) is 11.8 Å². The van der Waals surface area contributed by atoms with Gasteiger partial charge in [0.15, 0.2) is 0 Å². The van der Waals surface area contributed by atoms with Crippen molar-refractivity contribution in [3.63, 3.8) is 0 Å². The molecule has 2 amide bonds. The molecule has 1 aliphatic carbocycles. The monoisotopic (exact) mass is 568 g/mol. The number of fused-ring (bicyclic) bond motifs is 1. The SMILES string of the molecule is COc1ccc(NC(=O)C(C)(C)N(Cc2cccnc2)C(=O)C[C@@H]2[C@H](c3c(C)[nH]c4ccccc34)C2(C)C)c(OC)c1. The van der Waals surface area contributed by atoms with Gasteiger partial charge in [-0.05, 0) is 73.4 Å². The van der Waals surface area contributed by atoms with Gasteiger partial charge in [0.05, 0.1) is 19.9 Å². The molecular formula is C34H40N4O4. The Hall–Kier alpha value is -4.33. The van der Waals surface area contributed by atoms with Crippen LogP contribution in [-0.2, 0) is 16.1 Å². The Kier molecular flexibility index (Phi) is 7.75. The van der Waals surface area contributed by atoms with Gasteiger partial charge in [-0.1, -0.05) is 38.1 Å². The second kappa shape index (κ2) is 11.2. The number of aromatic amines is 1. The maximum Gasteiger partial charge on any atom is 0.249 e. The summed E-state index contributed by atoms with van der Waals surface area (Å²) < 4.78 is 10.8. The zero-order valence-electron chi connectivity index (χ0n) is 25.4. The highest BCUT2D eigenvalue weighted by Crippen LogP contribution is 2.67. The average Bonchev–Trinajstić information content (AvgIpc) is 3.32. The largest absolute Gasteiger partial charge is 0.497 e. The summed E-state index contributed by atoms with van der Waals surface area (Å²) in [5, 5.41) is 4.20.